The van der Waals surface area contributed by atoms with Crippen LogP contribution >= 0.6 is 0 Å². The Bertz CT molecular complexity index is 1310. The molecule has 0 aliphatic heterocycles. The first-order valence-corrected chi connectivity index (χ1v) is 9.62. The van der Waals surface area contributed by atoms with Crippen molar-refractivity contribution < 1.29 is 16.5 Å². The molecule has 0 unspecified atom stereocenters. The van der Waals surface area contributed by atoms with Gasteiger partial charge in [-0.1, -0.05) is 24.3 Å². The Balaban J connectivity index is 0.00000204. The van der Waals surface area contributed by atoms with Crippen LogP contribution < -0.4 is 5.73 Å². The number of nitrogens with zero attached hydrogens (tertiary/aromatic N) is 5. The van der Waals surface area contributed by atoms with Gasteiger partial charge in [0.25, 0.3) is 11.8 Å². The molecule has 2 heterocycles. The maximum atomic E-state index is 13.1. The number of anilines is 1. The minimum absolute atomic E-state index is 0. The number of carbonyl (C=O) groups excluding carboxylic acids is 1. The summed E-state index contributed by atoms with van der Waals surface area (Å²) in [5, 5.41) is 8.11. The maximum Gasteiger partial charge on any atom is 0.270 e. The smallest absolute Gasteiger partial charge is 0.270 e. The standard InChI is InChI=1S/C23H19FN6O2.2H2/c1-30(2)23(31)16-8-9-17(15(12-16)10-11-24)18-13-26-20(25)19(27-18)22-29-28-21(32-22)14-6-4-3-5-7-14;;/h3-13H,1-2H3,(H2,25,26);2*1H/b11-10+;;. The summed E-state index contributed by atoms with van der Waals surface area (Å²) in [7, 11) is 3.29. The number of hydrogen-bond acceptors (Lipinski definition) is 7. The Labute approximate surface area is 186 Å². The Morgan fingerprint density at radius 1 is 1.12 bits per heavy atom. The SMILES string of the molecule is CN(C)C(=O)c1ccc(-c2cnc(N)c(-c3nnc(-c4ccccc4)o3)n2)c(/C=C/F)c1.[HH].[HH]. The molecule has 0 aliphatic rings. The summed E-state index contributed by atoms with van der Waals surface area (Å²) in [6.45, 7) is 0. The largest absolute Gasteiger partial charge is 0.414 e. The van der Waals surface area contributed by atoms with Gasteiger partial charge in [-0.05, 0) is 35.9 Å². The van der Waals surface area contributed by atoms with Crippen molar-refractivity contribution in [3.05, 3.63) is 72.2 Å². The third kappa shape index (κ3) is 4.08. The van der Waals surface area contributed by atoms with Crippen LogP contribution in [0.3, 0.4) is 0 Å². The van der Waals surface area contributed by atoms with E-state index >= 15 is 0 Å². The van der Waals surface area contributed by atoms with Crippen LogP contribution in [0.25, 0.3) is 40.4 Å². The number of amides is 1. The third-order valence-corrected chi connectivity index (χ3v) is 4.67. The zero-order valence-electron chi connectivity index (χ0n) is 17.4. The van der Waals surface area contributed by atoms with Crippen molar-refractivity contribution in [2.45, 2.75) is 0 Å². The molecule has 2 aromatic heterocycles. The fraction of sp³-hybridized carbons (Fsp3) is 0.0870. The summed E-state index contributed by atoms with van der Waals surface area (Å²) < 4.78 is 18.8. The Kier molecular flexibility index (Phi) is 5.71. The van der Waals surface area contributed by atoms with Crippen LogP contribution in [0.15, 0.2) is 65.5 Å². The molecule has 8 nitrogen and oxygen atoms in total. The topological polar surface area (TPSA) is 111 Å². The van der Waals surface area contributed by atoms with E-state index in [9.17, 15) is 9.18 Å². The van der Waals surface area contributed by atoms with Crippen molar-refractivity contribution in [3.8, 4) is 34.3 Å². The van der Waals surface area contributed by atoms with Gasteiger partial charge in [0.2, 0.25) is 5.89 Å². The number of nitrogens with two attached hydrogens (primary N) is 1. The van der Waals surface area contributed by atoms with E-state index < -0.39 is 0 Å². The summed E-state index contributed by atoms with van der Waals surface area (Å²) in [6, 6.07) is 14.2. The molecular formula is C23H23FN6O2. The monoisotopic (exact) mass is 434 g/mol. The van der Waals surface area contributed by atoms with E-state index in [2.05, 4.69) is 20.2 Å². The van der Waals surface area contributed by atoms with E-state index in [1.165, 1.54) is 17.2 Å². The fourth-order valence-electron chi connectivity index (χ4n) is 3.09. The predicted octanol–water partition coefficient (Wildman–Crippen LogP) is 4.58. The molecule has 0 spiro atoms. The molecule has 4 aromatic rings. The summed E-state index contributed by atoms with van der Waals surface area (Å²) in [4.78, 5) is 22.5. The molecule has 0 radical (unpaired) electrons. The van der Waals surface area contributed by atoms with Gasteiger partial charge in [0.15, 0.2) is 11.5 Å². The van der Waals surface area contributed by atoms with Crippen LogP contribution in [0.5, 0.6) is 0 Å². The zero-order chi connectivity index (χ0) is 22.7. The minimum Gasteiger partial charge on any atom is -0.414 e. The first kappa shape index (κ1) is 20.9. The number of nitrogen functional groups attached to an aromatic ring is 1. The number of aromatic nitrogens is 4. The zero-order valence-corrected chi connectivity index (χ0v) is 17.4. The van der Waals surface area contributed by atoms with Gasteiger partial charge in [0, 0.05) is 33.6 Å². The van der Waals surface area contributed by atoms with Crippen LogP contribution in [0, 0.1) is 0 Å². The number of carbonyl (C=O) groups is 1. The van der Waals surface area contributed by atoms with Crippen LogP contribution in [-0.4, -0.2) is 45.1 Å². The van der Waals surface area contributed by atoms with Gasteiger partial charge in [-0.15, -0.1) is 10.2 Å². The minimum atomic E-state index is -0.201. The first-order valence-electron chi connectivity index (χ1n) is 9.62. The van der Waals surface area contributed by atoms with Crippen molar-refractivity contribution in [3.63, 3.8) is 0 Å². The van der Waals surface area contributed by atoms with Crippen molar-refractivity contribution in [1.29, 1.82) is 0 Å². The summed E-state index contributed by atoms with van der Waals surface area (Å²) in [6.07, 6.45) is 3.11. The highest BCUT2D eigenvalue weighted by molar-refractivity contribution is 5.95. The normalized spacial score (nSPS) is 11.1. The molecule has 164 valence electrons. The molecule has 1 amide bonds. The van der Waals surface area contributed by atoms with Crippen molar-refractivity contribution in [1.82, 2.24) is 25.1 Å². The van der Waals surface area contributed by atoms with E-state index in [1.54, 1.807) is 32.3 Å². The maximum absolute atomic E-state index is 13.1. The van der Waals surface area contributed by atoms with Gasteiger partial charge in [0.05, 0.1) is 18.2 Å². The molecule has 32 heavy (non-hydrogen) atoms. The highest BCUT2D eigenvalue weighted by atomic mass is 19.1. The summed E-state index contributed by atoms with van der Waals surface area (Å²) in [5.74, 6) is 0.338. The van der Waals surface area contributed by atoms with Gasteiger partial charge in [-0.3, -0.25) is 4.79 Å². The van der Waals surface area contributed by atoms with E-state index in [-0.39, 0.29) is 26.2 Å². The summed E-state index contributed by atoms with van der Waals surface area (Å²) in [5.41, 5.74) is 8.82. The lowest BCUT2D eigenvalue weighted by molar-refractivity contribution is 0.0827. The molecule has 0 saturated heterocycles. The molecule has 0 fully saturated rings. The highest BCUT2D eigenvalue weighted by Gasteiger charge is 2.18. The van der Waals surface area contributed by atoms with Crippen LogP contribution in [0.1, 0.15) is 18.8 Å². The van der Waals surface area contributed by atoms with E-state index in [4.69, 9.17) is 10.2 Å². The molecule has 2 N–H and O–H groups in total. The fourth-order valence-corrected chi connectivity index (χ4v) is 3.09. The Morgan fingerprint density at radius 2 is 1.88 bits per heavy atom. The van der Waals surface area contributed by atoms with Crippen molar-refractivity contribution in [2.75, 3.05) is 19.8 Å². The number of halogens is 1. The molecule has 0 saturated carbocycles. The first-order chi connectivity index (χ1) is 15.5. The van der Waals surface area contributed by atoms with Crippen molar-refractivity contribution >= 4 is 17.8 Å². The average Bonchev–Trinajstić information content (AvgIpc) is 3.30. The Morgan fingerprint density at radius 3 is 2.59 bits per heavy atom. The number of rotatable bonds is 5. The lowest BCUT2D eigenvalue weighted by Crippen LogP contribution is -2.21. The van der Waals surface area contributed by atoms with Gasteiger partial charge in [0.1, 0.15) is 0 Å². The van der Waals surface area contributed by atoms with Gasteiger partial charge >= 0.3 is 0 Å². The second-order valence-corrected chi connectivity index (χ2v) is 7.06. The Hall–Kier alpha value is -4.40. The number of benzene rings is 2. The van der Waals surface area contributed by atoms with Crippen LogP contribution in [0.2, 0.25) is 0 Å². The molecule has 9 heteroatoms. The molecule has 0 bridgehead atoms. The molecule has 0 atom stereocenters. The quantitative estimate of drug-likeness (QED) is 0.489. The molecule has 0 aliphatic carbocycles. The average molecular weight is 434 g/mol. The third-order valence-electron chi connectivity index (χ3n) is 4.67. The van der Waals surface area contributed by atoms with E-state index in [1.807, 2.05) is 30.3 Å². The molecule has 4 rings (SSSR count). The van der Waals surface area contributed by atoms with Gasteiger partial charge < -0.3 is 15.1 Å². The highest BCUT2D eigenvalue weighted by Crippen LogP contribution is 2.30. The van der Waals surface area contributed by atoms with E-state index in [0.717, 1.165) is 5.56 Å². The molecule has 2 aromatic carbocycles. The van der Waals surface area contributed by atoms with Gasteiger partial charge in [-0.2, -0.15) is 0 Å². The van der Waals surface area contributed by atoms with Crippen molar-refractivity contribution in [2.24, 2.45) is 0 Å². The van der Waals surface area contributed by atoms with Gasteiger partial charge in [-0.25, -0.2) is 14.4 Å². The number of hydrogen-bond donors (Lipinski definition) is 1. The van der Waals surface area contributed by atoms with Crippen LogP contribution in [-0.2, 0) is 0 Å². The lowest BCUT2D eigenvalue weighted by Gasteiger charge is -2.13. The second kappa shape index (κ2) is 8.76. The second-order valence-electron chi connectivity index (χ2n) is 7.06. The lowest BCUT2D eigenvalue weighted by atomic mass is 10.0. The molecular weight excluding hydrogens is 411 g/mol. The van der Waals surface area contributed by atoms with Crippen LogP contribution in [0.4, 0.5) is 10.2 Å². The predicted molar refractivity (Wildman–Crippen MR) is 123 cm³/mol. The van der Waals surface area contributed by atoms with E-state index in [0.29, 0.717) is 34.6 Å². The summed E-state index contributed by atoms with van der Waals surface area (Å²) >= 11 is 0.